The quantitative estimate of drug-likeness (QED) is 0.634. The summed E-state index contributed by atoms with van der Waals surface area (Å²) in [5.74, 6) is -0.0709. The van der Waals surface area contributed by atoms with E-state index in [2.05, 4.69) is 15.1 Å². The van der Waals surface area contributed by atoms with E-state index in [1.165, 1.54) is 23.0 Å². The van der Waals surface area contributed by atoms with Crippen molar-refractivity contribution in [3.8, 4) is 0 Å². The zero-order chi connectivity index (χ0) is 19.7. The molecule has 1 aliphatic heterocycles. The highest BCUT2D eigenvalue weighted by Gasteiger charge is 2.35. The van der Waals surface area contributed by atoms with Crippen molar-refractivity contribution >= 4 is 11.6 Å². The summed E-state index contributed by atoms with van der Waals surface area (Å²) in [6.07, 6.45) is -2.08. The summed E-state index contributed by atoms with van der Waals surface area (Å²) in [7, 11) is 0. The van der Waals surface area contributed by atoms with Crippen LogP contribution in [0.4, 0.5) is 23.4 Å². The fourth-order valence-corrected chi connectivity index (χ4v) is 3.21. The fraction of sp³-hybridized carbons (Fsp3) is 0.389. The summed E-state index contributed by atoms with van der Waals surface area (Å²) in [5.41, 5.74) is -0.116. The minimum Gasteiger partial charge on any atom is -0.373 e. The highest BCUT2D eigenvalue weighted by Crippen LogP contribution is 2.31. The lowest BCUT2D eigenvalue weighted by molar-refractivity contribution is -0.141. The first-order chi connectivity index (χ1) is 13.4. The molecule has 3 heterocycles. The van der Waals surface area contributed by atoms with Crippen LogP contribution in [0.25, 0.3) is 5.78 Å². The normalized spacial score (nSPS) is 16.1. The van der Waals surface area contributed by atoms with Crippen molar-refractivity contribution in [2.75, 3.05) is 18.0 Å². The van der Waals surface area contributed by atoms with Crippen LogP contribution in [-0.4, -0.2) is 38.8 Å². The average Bonchev–Trinajstić information content (AvgIpc) is 3.15. The van der Waals surface area contributed by atoms with Crippen LogP contribution in [0.15, 0.2) is 36.7 Å². The van der Waals surface area contributed by atoms with E-state index in [4.69, 9.17) is 4.74 Å². The van der Waals surface area contributed by atoms with Gasteiger partial charge in [0.05, 0.1) is 12.7 Å². The SMILES string of the molecule is Fc1ccc(COC2CCN(c3cc(C(F)(F)F)nc4ncnn34)CC2)cc1. The number of hydrogen-bond acceptors (Lipinski definition) is 5. The Bertz CT molecular complexity index is 949. The zero-order valence-corrected chi connectivity index (χ0v) is 14.7. The largest absolute Gasteiger partial charge is 0.433 e. The molecule has 1 aromatic carbocycles. The van der Waals surface area contributed by atoms with E-state index >= 15 is 0 Å². The second-order valence-corrected chi connectivity index (χ2v) is 6.59. The Morgan fingerprint density at radius 1 is 1.11 bits per heavy atom. The fourth-order valence-electron chi connectivity index (χ4n) is 3.21. The monoisotopic (exact) mass is 395 g/mol. The molecule has 0 radical (unpaired) electrons. The van der Waals surface area contributed by atoms with Crippen molar-refractivity contribution in [2.45, 2.75) is 31.7 Å². The van der Waals surface area contributed by atoms with Crippen molar-refractivity contribution in [1.82, 2.24) is 19.6 Å². The molecule has 4 rings (SSSR count). The number of hydrogen-bond donors (Lipinski definition) is 0. The maximum atomic E-state index is 13.1. The second-order valence-electron chi connectivity index (χ2n) is 6.59. The van der Waals surface area contributed by atoms with Gasteiger partial charge in [0.2, 0.25) is 0 Å². The third-order valence-corrected chi connectivity index (χ3v) is 4.69. The van der Waals surface area contributed by atoms with Crippen molar-refractivity contribution < 1.29 is 22.3 Å². The lowest BCUT2D eigenvalue weighted by Gasteiger charge is -2.33. The second kappa shape index (κ2) is 7.34. The molecule has 3 aromatic rings. The van der Waals surface area contributed by atoms with Crippen molar-refractivity contribution in [3.05, 3.63) is 53.7 Å². The maximum Gasteiger partial charge on any atom is 0.433 e. The molecular weight excluding hydrogens is 378 g/mol. The molecule has 1 saturated heterocycles. The van der Waals surface area contributed by atoms with Crippen molar-refractivity contribution in [1.29, 1.82) is 0 Å². The molecule has 2 aromatic heterocycles. The molecule has 0 aliphatic carbocycles. The summed E-state index contributed by atoms with van der Waals surface area (Å²) in [4.78, 5) is 9.16. The van der Waals surface area contributed by atoms with E-state index in [0.29, 0.717) is 38.4 Å². The summed E-state index contributed by atoms with van der Waals surface area (Å²) >= 11 is 0. The Kier molecular flexibility index (Phi) is 4.88. The Morgan fingerprint density at radius 2 is 1.82 bits per heavy atom. The van der Waals surface area contributed by atoms with Crippen LogP contribution in [0.5, 0.6) is 0 Å². The first-order valence-corrected chi connectivity index (χ1v) is 8.79. The van der Waals surface area contributed by atoms with Gasteiger partial charge in [-0.25, -0.2) is 9.37 Å². The van der Waals surface area contributed by atoms with E-state index < -0.39 is 11.9 Å². The first-order valence-electron chi connectivity index (χ1n) is 8.79. The summed E-state index contributed by atoms with van der Waals surface area (Å²) in [6.45, 7) is 1.40. The number of ether oxygens (including phenoxy) is 1. The summed E-state index contributed by atoms with van der Waals surface area (Å²) in [6, 6.07) is 7.10. The number of piperidine rings is 1. The Hall–Kier alpha value is -2.75. The predicted molar refractivity (Wildman–Crippen MR) is 92.2 cm³/mol. The number of rotatable bonds is 4. The highest BCUT2D eigenvalue weighted by molar-refractivity contribution is 5.48. The van der Waals surface area contributed by atoms with Gasteiger partial charge in [0.25, 0.3) is 5.78 Å². The minimum absolute atomic E-state index is 0.0172. The molecule has 0 saturated carbocycles. The lowest BCUT2D eigenvalue weighted by atomic mass is 10.1. The van der Waals surface area contributed by atoms with Crippen LogP contribution in [0.3, 0.4) is 0 Å². The van der Waals surface area contributed by atoms with Crippen LogP contribution in [0.1, 0.15) is 24.1 Å². The van der Waals surface area contributed by atoms with Gasteiger partial charge < -0.3 is 9.64 Å². The molecular formula is C18H17F4N5O. The summed E-state index contributed by atoms with van der Waals surface area (Å²) < 4.78 is 59.5. The predicted octanol–water partition coefficient (Wildman–Crippen LogP) is 3.47. The van der Waals surface area contributed by atoms with Gasteiger partial charge in [-0.05, 0) is 30.5 Å². The van der Waals surface area contributed by atoms with Crippen LogP contribution in [0, 0.1) is 5.82 Å². The maximum absolute atomic E-state index is 13.1. The average molecular weight is 395 g/mol. The molecule has 0 atom stereocenters. The van der Waals surface area contributed by atoms with Crippen LogP contribution < -0.4 is 4.90 Å². The number of alkyl halides is 3. The molecule has 6 nitrogen and oxygen atoms in total. The molecule has 0 bridgehead atoms. The molecule has 0 unspecified atom stereocenters. The highest BCUT2D eigenvalue weighted by atomic mass is 19.4. The first kappa shape index (κ1) is 18.6. The van der Waals surface area contributed by atoms with Crippen LogP contribution in [0.2, 0.25) is 0 Å². The molecule has 0 spiro atoms. The van der Waals surface area contributed by atoms with E-state index in [-0.39, 0.29) is 17.7 Å². The van der Waals surface area contributed by atoms with E-state index in [9.17, 15) is 17.6 Å². The van der Waals surface area contributed by atoms with Crippen LogP contribution in [-0.2, 0) is 17.5 Å². The number of fused-ring (bicyclic) bond motifs is 1. The van der Waals surface area contributed by atoms with Crippen molar-refractivity contribution in [2.24, 2.45) is 0 Å². The van der Waals surface area contributed by atoms with Gasteiger partial charge in [-0.1, -0.05) is 12.1 Å². The smallest absolute Gasteiger partial charge is 0.373 e. The number of anilines is 1. The number of aromatic nitrogens is 4. The minimum atomic E-state index is -4.56. The number of nitrogens with zero attached hydrogens (tertiary/aromatic N) is 5. The molecule has 148 valence electrons. The Labute approximate surface area is 157 Å². The summed E-state index contributed by atoms with van der Waals surface area (Å²) in [5, 5.41) is 3.99. The van der Waals surface area contributed by atoms with Gasteiger partial charge in [0.15, 0.2) is 5.69 Å². The topological polar surface area (TPSA) is 55.5 Å². The van der Waals surface area contributed by atoms with Gasteiger partial charge in [-0.2, -0.15) is 27.8 Å². The molecule has 0 N–H and O–H groups in total. The molecule has 0 amide bonds. The Balaban J connectivity index is 1.43. The Morgan fingerprint density at radius 3 is 2.50 bits per heavy atom. The molecule has 28 heavy (non-hydrogen) atoms. The molecule has 1 fully saturated rings. The van der Waals surface area contributed by atoms with Gasteiger partial charge in [0, 0.05) is 19.2 Å². The van der Waals surface area contributed by atoms with Gasteiger partial charge in [-0.15, -0.1) is 0 Å². The third kappa shape index (κ3) is 3.91. The van der Waals surface area contributed by atoms with E-state index in [1.807, 2.05) is 4.90 Å². The van der Waals surface area contributed by atoms with Gasteiger partial charge in [0.1, 0.15) is 18.0 Å². The number of halogens is 4. The lowest BCUT2D eigenvalue weighted by Crippen LogP contribution is -2.38. The standard InChI is InChI=1S/C18H17F4N5O/c19-13-3-1-12(2-4-13)10-28-14-5-7-26(8-6-14)16-9-15(18(20,21)22)25-17-23-11-24-27(16)17/h1-4,9,11,14H,5-8,10H2. The van der Waals surface area contributed by atoms with Crippen molar-refractivity contribution in [3.63, 3.8) is 0 Å². The van der Waals surface area contributed by atoms with Crippen LogP contribution >= 0.6 is 0 Å². The third-order valence-electron chi connectivity index (χ3n) is 4.69. The zero-order valence-electron chi connectivity index (χ0n) is 14.7. The molecule has 1 aliphatic rings. The van der Waals surface area contributed by atoms with E-state index in [1.54, 1.807) is 12.1 Å². The molecule has 10 heteroatoms. The van der Waals surface area contributed by atoms with Gasteiger partial charge >= 0.3 is 6.18 Å². The van der Waals surface area contributed by atoms with E-state index in [0.717, 1.165) is 11.6 Å². The number of benzene rings is 1. The van der Waals surface area contributed by atoms with Gasteiger partial charge in [-0.3, -0.25) is 0 Å².